The van der Waals surface area contributed by atoms with Gasteiger partial charge in [0.1, 0.15) is 17.5 Å². The Bertz CT molecular complexity index is 659. The molecule has 0 saturated heterocycles. The number of nitrogen functional groups attached to an aromatic ring is 1. The first-order valence-corrected chi connectivity index (χ1v) is 5.74. The molecule has 2 aromatic rings. The van der Waals surface area contributed by atoms with E-state index in [2.05, 4.69) is 5.32 Å². The number of benzene rings is 2. The second-order valence-corrected chi connectivity index (χ2v) is 4.20. The van der Waals surface area contributed by atoms with Crippen molar-refractivity contribution in [1.82, 2.24) is 0 Å². The average molecular weight is 280 g/mol. The minimum atomic E-state index is -0.793. The minimum absolute atomic E-state index is 0.0685. The molecule has 0 aliphatic rings. The van der Waals surface area contributed by atoms with Crippen molar-refractivity contribution in [2.45, 2.75) is 6.42 Å². The maximum atomic E-state index is 13.4. The normalized spacial score (nSPS) is 10.3. The van der Waals surface area contributed by atoms with Gasteiger partial charge in [-0.15, -0.1) is 0 Å². The predicted octanol–water partition coefficient (Wildman–Crippen LogP) is 2.87. The van der Waals surface area contributed by atoms with Crippen LogP contribution in [0.25, 0.3) is 0 Å². The van der Waals surface area contributed by atoms with Crippen LogP contribution in [0.4, 0.5) is 24.5 Å². The summed E-state index contributed by atoms with van der Waals surface area (Å²) >= 11 is 0. The lowest BCUT2D eigenvalue weighted by Gasteiger charge is -2.07. The van der Waals surface area contributed by atoms with Gasteiger partial charge in [-0.25, -0.2) is 13.2 Å². The molecule has 0 spiro atoms. The lowest BCUT2D eigenvalue weighted by molar-refractivity contribution is -0.115. The average Bonchev–Trinajstić information content (AvgIpc) is 2.37. The minimum Gasteiger partial charge on any atom is -0.396 e. The number of nitrogens with one attached hydrogen (secondary N) is 1. The van der Waals surface area contributed by atoms with Crippen LogP contribution in [0.3, 0.4) is 0 Å². The van der Waals surface area contributed by atoms with Crippen molar-refractivity contribution in [2.24, 2.45) is 0 Å². The van der Waals surface area contributed by atoms with Gasteiger partial charge in [-0.1, -0.05) is 6.07 Å². The van der Waals surface area contributed by atoms with Crippen LogP contribution >= 0.6 is 0 Å². The summed E-state index contributed by atoms with van der Waals surface area (Å²) in [5.41, 5.74) is 5.63. The van der Waals surface area contributed by atoms with Gasteiger partial charge in [-0.05, 0) is 29.8 Å². The van der Waals surface area contributed by atoms with Gasteiger partial charge in [-0.2, -0.15) is 0 Å². The first-order chi connectivity index (χ1) is 9.45. The molecule has 0 heterocycles. The summed E-state index contributed by atoms with van der Waals surface area (Å²) in [5.74, 6) is -2.61. The van der Waals surface area contributed by atoms with E-state index in [1.807, 2.05) is 0 Å². The van der Waals surface area contributed by atoms with E-state index in [1.54, 1.807) is 0 Å². The van der Waals surface area contributed by atoms with Gasteiger partial charge in [-0.3, -0.25) is 4.79 Å². The van der Waals surface area contributed by atoms with Crippen molar-refractivity contribution in [1.29, 1.82) is 0 Å². The van der Waals surface area contributed by atoms with E-state index in [-0.39, 0.29) is 17.7 Å². The van der Waals surface area contributed by atoms with Gasteiger partial charge in [0, 0.05) is 11.8 Å². The summed E-state index contributed by atoms with van der Waals surface area (Å²) < 4.78 is 39.1. The maximum absolute atomic E-state index is 13.4. The van der Waals surface area contributed by atoms with Crippen molar-refractivity contribution in [3.8, 4) is 0 Å². The summed E-state index contributed by atoms with van der Waals surface area (Å²) in [6.07, 6.45) is -0.261. The van der Waals surface area contributed by atoms with Gasteiger partial charge < -0.3 is 11.1 Å². The molecule has 1 amide bonds. The Kier molecular flexibility index (Phi) is 3.93. The monoisotopic (exact) mass is 280 g/mol. The van der Waals surface area contributed by atoms with Crippen LogP contribution in [0.1, 0.15) is 5.56 Å². The van der Waals surface area contributed by atoms with Crippen molar-refractivity contribution in [3.05, 3.63) is 59.4 Å². The number of nitrogens with two attached hydrogens (primary N) is 1. The molecule has 0 bridgehead atoms. The fraction of sp³-hybridized carbons (Fsp3) is 0.0714. The zero-order valence-electron chi connectivity index (χ0n) is 10.3. The predicted molar refractivity (Wildman–Crippen MR) is 69.5 cm³/mol. The zero-order valence-corrected chi connectivity index (χ0v) is 10.3. The van der Waals surface area contributed by atoms with Gasteiger partial charge >= 0.3 is 0 Å². The Hall–Kier alpha value is -2.50. The highest BCUT2D eigenvalue weighted by atomic mass is 19.1. The second-order valence-electron chi connectivity index (χ2n) is 4.20. The highest BCUT2D eigenvalue weighted by molar-refractivity contribution is 5.92. The van der Waals surface area contributed by atoms with E-state index < -0.39 is 23.4 Å². The summed E-state index contributed by atoms with van der Waals surface area (Å²) in [4.78, 5) is 11.7. The Labute approximate surface area is 113 Å². The second kappa shape index (κ2) is 5.64. The third-order valence-electron chi connectivity index (χ3n) is 2.65. The zero-order chi connectivity index (χ0) is 14.7. The van der Waals surface area contributed by atoms with Gasteiger partial charge in [0.2, 0.25) is 5.91 Å². The molecule has 0 aromatic heterocycles. The van der Waals surface area contributed by atoms with Crippen LogP contribution in [0, 0.1) is 17.5 Å². The van der Waals surface area contributed by atoms with Gasteiger partial charge in [0.05, 0.1) is 12.1 Å². The molecule has 2 aromatic carbocycles. The van der Waals surface area contributed by atoms with E-state index in [0.29, 0.717) is 11.8 Å². The lowest BCUT2D eigenvalue weighted by atomic mass is 10.1. The fourth-order valence-corrected chi connectivity index (χ4v) is 1.66. The standard InChI is InChI=1S/C14H11F3N2O/c15-9-2-1-8(12(17)6-9)5-14(20)19-10-3-4-11(16)13(18)7-10/h1-4,6-7H,5,18H2,(H,19,20). The van der Waals surface area contributed by atoms with Gasteiger partial charge in [0.25, 0.3) is 0 Å². The molecule has 0 saturated carbocycles. The molecule has 104 valence electrons. The fourth-order valence-electron chi connectivity index (χ4n) is 1.66. The lowest BCUT2D eigenvalue weighted by Crippen LogP contribution is -2.15. The number of anilines is 2. The molecular formula is C14H11F3N2O. The molecule has 3 nitrogen and oxygen atoms in total. The van der Waals surface area contributed by atoms with Crippen LogP contribution in [0.15, 0.2) is 36.4 Å². The summed E-state index contributed by atoms with van der Waals surface area (Å²) in [7, 11) is 0. The van der Waals surface area contributed by atoms with E-state index in [4.69, 9.17) is 5.73 Å². The Balaban J connectivity index is 2.07. The van der Waals surface area contributed by atoms with Crippen LogP contribution in [0.5, 0.6) is 0 Å². The highest BCUT2D eigenvalue weighted by Gasteiger charge is 2.10. The largest absolute Gasteiger partial charge is 0.396 e. The van der Waals surface area contributed by atoms with Crippen LogP contribution in [-0.4, -0.2) is 5.91 Å². The Morgan fingerprint density at radius 2 is 1.80 bits per heavy atom. The number of hydrogen-bond donors (Lipinski definition) is 2. The molecular weight excluding hydrogens is 269 g/mol. The van der Waals surface area contributed by atoms with E-state index in [0.717, 1.165) is 12.1 Å². The summed E-state index contributed by atoms with van der Waals surface area (Å²) in [6, 6.07) is 6.69. The SMILES string of the molecule is Nc1cc(NC(=O)Cc2ccc(F)cc2F)ccc1F. The molecule has 3 N–H and O–H groups in total. The molecule has 0 aliphatic carbocycles. The third kappa shape index (κ3) is 3.28. The van der Waals surface area contributed by atoms with Crippen molar-refractivity contribution >= 4 is 17.3 Å². The van der Waals surface area contributed by atoms with Crippen molar-refractivity contribution < 1.29 is 18.0 Å². The Morgan fingerprint density at radius 3 is 2.45 bits per heavy atom. The van der Waals surface area contributed by atoms with E-state index >= 15 is 0 Å². The molecule has 2 rings (SSSR count). The van der Waals surface area contributed by atoms with Crippen LogP contribution in [-0.2, 0) is 11.2 Å². The number of carbonyl (C=O) groups is 1. The summed E-state index contributed by atoms with van der Waals surface area (Å²) in [5, 5.41) is 2.45. The highest BCUT2D eigenvalue weighted by Crippen LogP contribution is 2.17. The topological polar surface area (TPSA) is 55.1 Å². The molecule has 0 radical (unpaired) electrons. The van der Waals surface area contributed by atoms with Crippen molar-refractivity contribution in [2.75, 3.05) is 11.1 Å². The van der Waals surface area contributed by atoms with Gasteiger partial charge in [0.15, 0.2) is 0 Å². The molecule has 20 heavy (non-hydrogen) atoms. The number of hydrogen-bond acceptors (Lipinski definition) is 2. The number of rotatable bonds is 3. The van der Waals surface area contributed by atoms with Crippen LogP contribution < -0.4 is 11.1 Å². The van der Waals surface area contributed by atoms with Crippen LogP contribution in [0.2, 0.25) is 0 Å². The molecule has 0 unspecified atom stereocenters. The molecule has 0 aliphatic heterocycles. The van der Waals surface area contributed by atoms with Crippen molar-refractivity contribution in [3.63, 3.8) is 0 Å². The quantitative estimate of drug-likeness (QED) is 0.849. The smallest absolute Gasteiger partial charge is 0.228 e. The first kappa shape index (κ1) is 13.9. The molecule has 0 fully saturated rings. The number of halogens is 3. The first-order valence-electron chi connectivity index (χ1n) is 5.74. The molecule has 0 atom stereocenters. The summed E-state index contributed by atoms with van der Waals surface area (Å²) in [6.45, 7) is 0. The van der Waals surface area contributed by atoms with E-state index in [1.165, 1.54) is 18.2 Å². The number of carbonyl (C=O) groups excluding carboxylic acids is 1. The number of amides is 1. The third-order valence-corrected chi connectivity index (χ3v) is 2.65. The maximum Gasteiger partial charge on any atom is 0.228 e. The van der Waals surface area contributed by atoms with E-state index in [9.17, 15) is 18.0 Å². The Morgan fingerprint density at radius 1 is 1.05 bits per heavy atom. The molecule has 6 heteroatoms.